The normalized spacial score (nSPS) is 17.5. The molecule has 2 amide bonds. The molecule has 2 heterocycles. The van der Waals surface area contributed by atoms with E-state index < -0.39 is 6.04 Å². The number of hydrogen-bond acceptors (Lipinski definition) is 5. The number of H-pyrrole nitrogens is 3. The molecule has 5 aromatic rings. The first-order chi connectivity index (χ1) is 21.7. The van der Waals surface area contributed by atoms with E-state index in [0.717, 1.165) is 64.8 Å². The molecular formula is C35H41N7O3. The van der Waals surface area contributed by atoms with Crippen molar-refractivity contribution in [1.29, 1.82) is 0 Å². The van der Waals surface area contributed by atoms with Gasteiger partial charge in [0, 0.05) is 23.9 Å². The number of fused-ring (bicyclic) bond motifs is 2. The van der Waals surface area contributed by atoms with Crippen molar-refractivity contribution in [2.24, 2.45) is 17.6 Å². The molecule has 234 valence electrons. The van der Waals surface area contributed by atoms with Gasteiger partial charge in [-0.05, 0) is 97.7 Å². The minimum atomic E-state index is -0.784. The van der Waals surface area contributed by atoms with Gasteiger partial charge in [-0.1, -0.05) is 38.1 Å². The second-order valence-corrected chi connectivity index (χ2v) is 12.7. The third kappa shape index (κ3) is 6.71. The standard InChI is InChI=1S/C35H41N7O3/c1-19(2)32-38-28-14-20(3)26(17-30(28)39-32)23-8-4-21(5-9-23)15-31(40-33(43)24-10-6-22(18-36)7-11-24)34(44)37-25-12-13-27-29(16-25)42-35(45)41-27/h4-5,8-9,12-14,16-17,19,22,24,31H,6-7,10-11,15,18,36H2,1-3H3,(H,37,44)(H,38,39)(H,40,43)(H2,41,42,45). The van der Waals surface area contributed by atoms with Crippen molar-refractivity contribution in [2.75, 3.05) is 11.9 Å². The number of carbonyl (C=O) groups is 2. The van der Waals surface area contributed by atoms with E-state index in [1.165, 1.54) is 0 Å². The van der Waals surface area contributed by atoms with Gasteiger partial charge in [-0.25, -0.2) is 9.78 Å². The Hall–Kier alpha value is -4.70. The molecule has 10 heteroatoms. The highest BCUT2D eigenvalue weighted by Gasteiger charge is 2.29. The van der Waals surface area contributed by atoms with Crippen molar-refractivity contribution >= 4 is 39.6 Å². The van der Waals surface area contributed by atoms with Gasteiger partial charge in [0.1, 0.15) is 11.9 Å². The summed E-state index contributed by atoms with van der Waals surface area (Å²) in [7, 11) is 0. The summed E-state index contributed by atoms with van der Waals surface area (Å²) in [5, 5.41) is 6.00. The lowest BCUT2D eigenvalue weighted by atomic mass is 9.81. The zero-order valence-electron chi connectivity index (χ0n) is 26.0. The summed E-state index contributed by atoms with van der Waals surface area (Å²) in [6.45, 7) is 6.97. The second-order valence-electron chi connectivity index (χ2n) is 12.7. The van der Waals surface area contributed by atoms with Crippen LogP contribution in [0.4, 0.5) is 5.69 Å². The lowest BCUT2D eigenvalue weighted by Gasteiger charge is -2.28. The number of nitrogens with two attached hydrogens (primary N) is 1. The maximum Gasteiger partial charge on any atom is 0.323 e. The van der Waals surface area contributed by atoms with E-state index in [-0.39, 0.29) is 23.4 Å². The SMILES string of the molecule is Cc1cc2[nH]c(C(C)C)nc2cc1-c1ccc(CC(NC(=O)C2CCC(CN)CC2)C(=O)Nc2ccc3[nH]c(=O)[nH]c3c2)cc1. The molecule has 1 saturated carbocycles. The van der Waals surface area contributed by atoms with Crippen LogP contribution in [0.5, 0.6) is 0 Å². The molecule has 1 fully saturated rings. The number of hydrogen-bond donors (Lipinski definition) is 6. The molecule has 1 aliphatic rings. The van der Waals surface area contributed by atoms with E-state index in [2.05, 4.69) is 70.6 Å². The van der Waals surface area contributed by atoms with Gasteiger partial charge in [-0.15, -0.1) is 0 Å². The summed E-state index contributed by atoms with van der Waals surface area (Å²) in [5.41, 5.74) is 13.5. The lowest BCUT2D eigenvalue weighted by molar-refractivity contribution is -0.130. The average Bonchev–Trinajstić information content (AvgIpc) is 3.62. The van der Waals surface area contributed by atoms with Crippen molar-refractivity contribution < 1.29 is 9.59 Å². The Bertz CT molecular complexity index is 1890. The Morgan fingerprint density at radius 1 is 0.933 bits per heavy atom. The highest BCUT2D eigenvalue weighted by Crippen LogP contribution is 2.30. The number of nitrogens with one attached hydrogen (secondary N) is 5. The van der Waals surface area contributed by atoms with Gasteiger partial charge in [0.25, 0.3) is 0 Å². The fraction of sp³-hybridized carbons (Fsp3) is 0.371. The zero-order valence-corrected chi connectivity index (χ0v) is 26.0. The summed E-state index contributed by atoms with van der Waals surface area (Å²) < 4.78 is 0. The van der Waals surface area contributed by atoms with Crippen molar-refractivity contribution in [3.63, 3.8) is 0 Å². The minimum absolute atomic E-state index is 0.101. The number of aromatic nitrogens is 4. The van der Waals surface area contributed by atoms with Crippen LogP contribution in [0, 0.1) is 18.8 Å². The highest BCUT2D eigenvalue weighted by molar-refractivity contribution is 5.99. The summed E-state index contributed by atoms with van der Waals surface area (Å²) in [5.74, 6) is 1.18. The maximum absolute atomic E-state index is 13.7. The van der Waals surface area contributed by atoms with Gasteiger partial charge in [-0.2, -0.15) is 0 Å². The quantitative estimate of drug-likeness (QED) is 0.134. The maximum atomic E-state index is 13.7. The molecule has 3 aromatic carbocycles. The Balaban J connectivity index is 1.22. The van der Waals surface area contributed by atoms with Gasteiger partial charge in [-0.3, -0.25) is 9.59 Å². The lowest BCUT2D eigenvalue weighted by Crippen LogP contribution is -2.48. The predicted octanol–water partition coefficient (Wildman–Crippen LogP) is 5.26. The molecule has 2 aromatic heterocycles. The molecular weight excluding hydrogens is 566 g/mol. The third-order valence-corrected chi connectivity index (χ3v) is 9.07. The Morgan fingerprint density at radius 2 is 1.67 bits per heavy atom. The van der Waals surface area contributed by atoms with Gasteiger partial charge in [0.15, 0.2) is 0 Å². The van der Waals surface area contributed by atoms with E-state index in [0.29, 0.717) is 41.5 Å². The van der Waals surface area contributed by atoms with Crippen LogP contribution in [0.1, 0.15) is 62.4 Å². The van der Waals surface area contributed by atoms with Crippen LogP contribution in [-0.2, 0) is 16.0 Å². The molecule has 45 heavy (non-hydrogen) atoms. The molecule has 10 nitrogen and oxygen atoms in total. The van der Waals surface area contributed by atoms with Crippen LogP contribution in [0.15, 0.2) is 59.4 Å². The van der Waals surface area contributed by atoms with Gasteiger partial charge < -0.3 is 31.3 Å². The number of aromatic amines is 3. The topological polar surface area (TPSA) is 162 Å². The van der Waals surface area contributed by atoms with Crippen molar-refractivity contribution in [3.8, 4) is 11.1 Å². The molecule has 7 N–H and O–H groups in total. The number of rotatable bonds is 9. The van der Waals surface area contributed by atoms with Crippen LogP contribution in [0.3, 0.4) is 0 Å². The van der Waals surface area contributed by atoms with E-state index >= 15 is 0 Å². The fourth-order valence-electron chi connectivity index (χ4n) is 6.32. The molecule has 1 unspecified atom stereocenters. The number of nitrogens with zero attached hydrogens (tertiary/aromatic N) is 1. The molecule has 6 rings (SSSR count). The van der Waals surface area contributed by atoms with Gasteiger partial charge in [0.2, 0.25) is 11.8 Å². The van der Waals surface area contributed by atoms with Gasteiger partial charge >= 0.3 is 5.69 Å². The van der Waals surface area contributed by atoms with Crippen molar-refractivity contribution in [1.82, 2.24) is 25.3 Å². The molecule has 0 saturated heterocycles. The number of aryl methyl sites for hydroxylation is 1. The second kappa shape index (κ2) is 12.7. The monoisotopic (exact) mass is 607 g/mol. The zero-order chi connectivity index (χ0) is 31.7. The summed E-state index contributed by atoms with van der Waals surface area (Å²) in [4.78, 5) is 52.4. The van der Waals surface area contributed by atoms with E-state index in [1.54, 1.807) is 18.2 Å². The fourth-order valence-corrected chi connectivity index (χ4v) is 6.32. The van der Waals surface area contributed by atoms with Crippen LogP contribution < -0.4 is 22.1 Å². The van der Waals surface area contributed by atoms with E-state index in [9.17, 15) is 14.4 Å². The first-order valence-electron chi connectivity index (χ1n) is 15.8. The van der Waals surface area contributed by atoms with E-state index in [1.807, 2.05) is 12.1 Å². The minimum Gasteiger partial charge on any atom is -0.344 e. The molecule has 1 aliphatic carbocycles. The van der Waals surface area contributed by atoms with Crippen LogP contribution in [-0.4, -0.2) is 44.3 Å². The molecule has 0 bridgehead atoms. The number of benzene rings is 3. The van der Waals surface area contributed by atoms with E-state index in [4.69, 9.17) is 10.7 Å². The number of amides is 2. The number of carbonyl (C=O) groups excluding carboxylic acids is 2. The Morgan fingerprint density at radius 3 is 2.38 bits per heavy atom. The first-order valence-corrected chi connectivity index (χ1v) is 15.8. The van der Waals surface area contributed by atoms with Crippen LogP contribution >= 0.6 is 0 Å². The van der Waals surface area contributed by atoms with Gasteiger partial charge in [0.05, 0.1) is 22.1 Å². The van der Waals surface area contributed by atoms with Crippen LogP contribution in [0.2, 0.25) is 0 Å². The largest absolute Gasteiger partial charge is 0.344 e. The van der Waals surface area contributed by atoms with Crippen molar-refractivity contribution in [2.45, 2.75) is 64.8 Å². The van der Waals surface area contributed by atoms with Crippen molar-refractivity contribution in [3.05, 3.63) is 82.0 Å². The molecule has 1 atom stereocenters. The Kier molecular flexibility index (Phi) is 8.58. The number of imidazole rings is 2. The summed E-state index contributed by atoms with van der Waals surface area (Å²) >= 11 is 0. The Labute approximate surface area is 261 Å². The average molecular weight is 608 g/mol. The summed E-state index contributed by atoms with van der Waals surface area (Å²) in [6.07, 6.45) is 3.71. The molecule has 0 spiro atoms. The summed E-state index contributed by atoms with van der Waals surface area (Å²) in [6, 6.07) is 16.8. The molecule has 0 radical (unpaired) electrons. The smallest absolute Gasteiger partial charge is 0.323 e. The number of anilines is 1. The first kappa shape index (κ1) is 30.3. The predicted molar refractivity (Wildman–Crippen MR) is 178 cm³/mol. The van der Waals surface area contributed by atoms with Crippen LogP contribution in [0.25, 0.3) is 33.2 Å². The highest BCUT2D eigenvalue weighted by atomic mass is 16.2. The molecule has 0 aliphatic heterocycles. The third-order valence-electron chi connectivity index (χ3n) is 9.07.